The number of carbonyl (C=O) groups excluding carboxylic acids is 1. The fourth-order valence-corrected chi connectivity index (χ4v) is 1.02. The summed E-state index contributed by atoms with van der Waals surface area (Å²) < 4.78 is 0. The molecule has 0 aliphatic rings. The van der Waals surface area contributed by atoms with Gasteiger partial charge in [0.15, 0.2) is 0 Å². The quantitative estimate of drug-likeness (QED) is 0.619. The molecule has 16 heavy (non-hydrogen) atoms. The molecule has 0 radical (unpaired) electrons. The van der Waals surface area contributed by atoms with E-state index in [1.54, 1.807) is 6.07 Å². The average molecular weight is 225 g/mol. The molecule has 0 atom stereocenters. The van der Waals surface area contributed by atoms with Crippen molar-refractivity contribution in [2.45, 2.75) is 27.2 Å². The molecule has 0 fully saturated rings. The number of benzene rings is 1. The number of rotatable bonds is 2. The predicted octanol–water partition coefficient (Wildman–Crippen LogP) is 2.46. The van der Waals surface area contributed by atoms with Crippen molar-refractivity contribution in [1.82, 2.24) is 0 Å². The average Bonchev–Trinajstić information content (AvgIpc) is 2.16. The SMILES string of the molecule is CC(C)=O.CCc1ccc(O)cc1[N+](=O)[O-]. The largest absolute Gasteiger partial charge is 0.508 e. The summed E-state index contributed by atoms with van der Waals surface area (Å²) >= 11 is 0. The van der Waals surface area contributed by atoms with E-state index in [-0.39, 0.29) is 17.2 Å². The van der Waals surface area contributed by atoms with E-state index in [0.29, 0.717) is 12.0 Å². The lowest BCUT2D eigenvalue weighted by atomic mass is 10.1. The maximum Gasteiger partial charge on any atom is 0.276 e. The standard InChI is InChI=1S/C8H9NO3.C3H6O/c1-2-6-3-4-7(10)5-8(6)9(11)12;1-3(2)4/h3-5,10H,2H2,1H3;1-2H3. The zero-order valence-corrected chi connectivity index (χ0v) is 9.56. The highest BCUT2D eigenvalue weighted by Gasteiger charge is 2.11. The molecule has 1 aromatic rings. The molecule has 0 aromatic heterocycles. The summed E-state index contributed by atoms with van der Waals surface area (Å²) in [5.74, 6) is 0.0962. The van der Waals surface area contributed by atoms with Crippen LogP contribution >= 0.6 is 0 Å². The highest BCUT2D eigenvalue weighted by molar-refractivity contribution is 5.72. The minimum Gasteiger partial charge on any atom is -0.508 e. The topological polar surface area (TPSA) is 80.4 Å². The lowest BCUT2D eigenvalue weighted by Crippen LogP contribution is -1.93. The first-order valence-electron chi connectivity index (χ1n) is 4.82. The molecule has 0 heterocycles. The van der Waals surface area contributed by atoms with Crippen LogP contribution in [0.25, 0.3) is 0 Å². The number of nitro benzene ring substituents is 1. The van der Waals surface area contributed by atoms with Gasteiger partial charge in [0.25, 0.3) is 5.69 Å². The number of ketones is 1. The normalized spacial score (nSPS) is 8.94. The van der Waals surface area contributed by atoms with E-state index in [9.17, 15) is 14.9 Å². The van der Waals surface area contributed by atoms with Crippen molar-refractivity contribution >= 4 is 11.5 Å². The molecule has 0 saturated carbocycles. The number of aryl methyl sites for hydroxylation is 1. The zero-order chi connectivity index (χ0) is 12.7. The smallest absolute Gasteiger partial charge is 0.276 e. The van der Waals surface area contributed by atoms with Crippen molar-refractivity contribution in [2.24, 2.45) is 0 Å². The molecule has 0 aliphatic heterocycles. The molecule has 1 N–H and O–H groups in total. The number of phenolic OH excluding ortho intramolecular Hbond substituents is 1. The molecular weight excluding hydrogens is 210 g/mol. The summed E-state index contributed by atoms with van der Waals surface area (Å²) in [6.45, 7) is 4.89. The monoisotopic (exact) mass is 225 g/mol. The first-order valence-corrected chi connectivity index (χ1v) is 4.82. The Labute approximate surface area is 93.9 Å². The van der Waals surface area contributed by atoms with Crippen molar-refractivity contribution in [3.63, 3.8) is 0 Å². The van der Waals surface area contributed by atoms with Gasteiger partial charge in [-0.15, -0.1) is 0 Å². The first kappa shape index (κ1) is 14.1. The highest BCUT2D eigenvalue weighted by atomic mass is 16.6. The van der Waals surface area contributed by atoms with E-state index in [4.69, 9.17) is 5.11 Å². The molecule has 0 amide bonds. The van der Waals surface area contributed by atoms with Crippen molar-refractivity contribution < 1.29 is 14.8 Å². The van der Waals surface area contributed by atoms with E-state index < -0.39 is 4.92 Å². The Bertz CT molecular complexity index is 384. The maximum atomic E-state index is 10.4. The van der Waals surface area contributed by atoms with E-state index in [1.165, 1.54) is 26.0 Å². The molecule has 0 unspecified atom stereocenters. The van der Waals surface area contributed by atoms with Gasteiger partial charge in [-0.05, 0) is 32.4 Å². The summed E-state index contributed by atoms with van der Waals surface area (Å²) in [7, 11) is 0. The van der Waals surface area contributed by atoms with Crippen LogP contribution in [-0.2, 0) is 11.2 Å². The lowest BCUT2D eigenvalue weighted by Gasteiger charge is -1.98. The second kappa shape index (κ2) is 6.55. The molecule has 5 heteroatoms. The minimum atomic E-state index is -0.488. The Balaban J connectivity index is 0.000000487. The van der Waals surface area contributed by atoms with Crippen LogP contribution in [0.1, 0.15) is 26.3 Å². The summed E-state index contributed by atoms with van der Waals surface area (Å²) in [4.78, 5) is 19.4. The van der Waals surface area contributed by atoms with Crippen LogP contribution in [0.15, 0.2) is 18.2 Å². The number of nitro groups is 1. The number of phenols is 1. The maximum absolute atomic E-state index is 10.4. The molecule has 1 rings (SSSR count). The van der Waals surface area contributed by atoms with Crippen molar-refractivity contribution in [2.75, 3.05) is 0 Å². The fourth-order valence-electron chi connectivity index (χ4n) is 1.02. The number of nitrogens with zero attached hydrogens (tertiary/aromatic N) is 1. The third kappa shape index (κ3) is 5.09. The van der Waals surface area contributed by atoms with Gasteiger partial charge in [0.1, 0.15) is 11.5 Å². The van der Waals surface area contributed by atoms with Gasteiger partial charge in [-0.2, -0.15) is 0 Å². The Kier molecular flexibility index (Phi) is 5.77. The number of hydrogen-bond acceptors (Lipinski definition) is 4. The van der Waals surface area contributed by atoms with E-state index in [2.05, 4.69) is 0 Å². The minimum absolute atomic E-state index is 0.0162. The molecule has 0 spiro atoms. The van der Waals surface area contributed by atoms with Crippen LogP contribution in [-0.4, -0.2) is 15.8 Å². The molecule has 1 aromatic carbocycles. The van der Waals surface area contributed by atoms with Crippen LogP contribution in [0, 0.1) is 10.1 Å². The Morgan fingerprint density at radius 2 is 1.94 bits per heavy atom. The predicted molar refractivity (Wildman–Crippen MR) is 60.5 cm³/mol. The zero-order valence-electron chi connectivity index (χ0n) is 9.56. The summed E-state index contributed by atoms with van der Waals surface area (Å²) in [6, 6.07) is 4.18. The van der Waals surface area contributed by atoms with Gasteiger partial charge in [0.2, 0.25) is 0 Å². The van der Waals surface area contributed by atoms with Crippen molar-refractivity contribution in [3.05, 3.63) is 33.9 Å². The van der Waals surface area contributed by atoms with Gasteiger partial charge in [-0.25, -0.2) is 0 Å². The van der Waals surface area contributed by atoms with Crippen LogP contribution in [0.5, 0.6) is 5.75 Å². The van der Waals surface area contributed by atoms with Gasteiger partial charge < -0.3 is 9.90 Å². The van der Waals surface area contributed by atoms with E-state index in [1.807, 2.05) is 6.92 Å². The molecule has 88 valence electrons. The van der Waals surface area contributed by atoms with Crippen LogP contribution in [0.4, 0.5) is 5.69 Å². The van der Waals surface area contributed by atoms with Crippen molar-refractivity contribution in [1.29, 1.82) is 0 Å². The Hall–Kier alpha value is -1.91. The number of aromatic hydroxyl groups is 1. The highest BCUT2D eigenvalue weighted by Crippen LogP contribution is 2.23. The van der Waals surface area contributed by atoms with Gasteiger partial charge in [-0.3, -0.25) is 10.1 Å². The third-order valence-corrected chi connectivity index (χ3v) is 1.65. The van der Waals surface area contributed by atoms with E-state index >= 15 is 0 Å². The number of carbonyl (C=O) groups is 1. The third-order valence-electron chi connectivity index (χ3n) is 1.65. The first-order chi connectivity index (χ1) is 7.38. The lowest BCUT2D eigenvalue weighted by molar-refractivity contribution is -0.385. The molecule has 0 aliphatic carbocycles. The molecule has 0 saturated heterocycles. The summed E-state index contributed by atoms with van der Waals surface area (Å²) in [5, 5.41) is 19.4. The van der Waals surface area contributed by atoms with Gasteiger partial charge in [0.05, 0.1) is 11.0 Å². The Morgan fingerprint density at radius 1 is 1.44 bits per heavy atom. The summed E-state index contributed by atoms with van der Waals surface area (Å²) in [6.07, 6.45) is 0.594. The van der Waals surface area contributed by atoms with Crippen LogP contribution in [0.2, 0.25) is 0 Å². The van der Waals surface area contributed by atoms with E-state index in [0.717, 1.165) is 0 Å². The second-order valence-corrected chi connectivity index (χ2v) is 3.33. The van der Waals surface area contributed by atoms with Gasteiger partial charge >= 0.3 is 0 Å². The summed E-state index contributed by atoms with van der Waals surface area (Å²) in [5.41, 5.74) is 0.621. The van der Waals surface area contributed by atoms with Crippen LogP contribution < -0.4 is 0 Å². The van der Waals surface area contributed by atoms with Gasteiger partial charge in [0, 0.05) is 5.56 Å². The number of Topliss-reactive ketones (excluding diaryl/α,β-unsaturated/α-hetero) is 1. The number of hydrogen-bond donors (Lipinski definition) is 1. The van der Waals surface area contributed by atoms with Crippen molar-refractivity contribution in [3.8, 4) is 5.75 Å². The second-order valence-electron chi connectivity index (χ2n) is 3.33. The molecule has 5 nitrogen and oxygen atoms in total. The van der Waals surface area contributed by atoms with Gasteiger partial charge in [-0.1, -0.05) is 6.92 Å². The van der Waals surface area contributed by atoms with Crippen LogP contribution in [0.3, 0.4) is 0 Å². The Morgan fingerprint density at radius 3 is 2.31 bits per heavy atom. The molecule has 0 bridgehead atoms. The molecular formula is C11H15NO4. The fraction of sp³-hybridized carbons (Fsp3) is 0.364.